The molecule has 0 radical (unpaired) electrons. The molecule has 0 spiro atoms. The molecule has 0 unspecified atom stereocenters. The number of ether oxygens (including phenoxy) is 1. The monoisotopic (exact) mass is 330 g/mol. The minimum absolute atomic E-state index is 0.362. The van der Waals surface area contributed by atoms with Crippen LogP contribution in [0.1, 0.15) is 57.3 Å². The first-order chi connectivity index (χ1) is 11.3. The van der Waals surface area contributed by atoms with Crippen molar-refractivity contribution < 1.29 is 14.3 Å². The van der Waals surface area contributed by atoms with E-state index in [0.29, 0.717) is 17.7 Å². The van der Waals surface area contributed by atoms with Crippen LogP contribution in [0.2, 0.25) is 0 Å². The van der Waals surface area contributed by atoms with Gasteiger partial charge in [0.1, 0.15) is 5.75 Å². The first kappa shape index (κ1) is 19.6. The third-order valence-electron chi connectivity index (χ3n) is 3.29. The molecule has 1 aromatic rings. The summed E-state index contributed by atoms with van der Waals surface area (Å²) in [7, 11) is 1.50. The minimum Gasteiger partial charge on any atom is -0.496 e. The maximum absolute atomic E-state index is 12.5. The fourth-order valence-electron chi connectivity index (χ4n) is 1.98. The molecule has 2 amide bonds. The fourth-order valence-corrected chi connectivity index (χ4v) is 1.98. The second-order valence-electron chi connectivity index (χ2n) is 6.36. The molecule has 0 fully saturated rings. The van der Waals surface area contributed by atoms with Gasteiger partial charge in [-0.1, -0.05) is 31.4 Å². The van der Waals surface area contributed by atoms with Gasteiger partial charge in [0.05, 0.1) is 18.2 Å². The molecule has 5 nitrogen and oxygen atoms in total. The number of benzene rings is 1. The molecular formula is C19H26N2O3. The van der Waals surface area contributed by atoms with Crippen LogP contribution in [0.15, 0.2) is 24.3 Å². The van der Waals surface area contributed by atoms with Crippen molar-refractivity contribution in [2.45, 2.75) is 52.5 Å². The summed E-state index contributed by atoms with van der Waals surface area (Å²) in [6.07, 6.45) is 2.64. The lowest BCUT2D eigenvalue weighted by molar-refractivity contribution is -0.132. The summed E-state index contributed by atoms with van der Waals surface area (Å²) in [5, 5.41) is 1.26. The minimum atomic E-state index is -0.603. The van der Waals surface area contributed by atoms with Crippen molar-refractivity contribution in [3.8, 4) is 17.6 Å². The highest BCUT2D eigenvalue weighted by atomic mass is 16.5. The Morgan fingerprint density at radius 3 is 2.50 bits per heavy atom. The topological polar surface area (TPSA) is 58.6 Å². The van der Waals surface area contributed by atoms with E-state index in [2.05, 4.69) is 24.2 Å². The van der Waals surface area contributed by atoms with Gasteiger partial charge in [-0.25, -0.2) is 5.01 Å². The molecular weight excluding hydrogens is 304 g/mol. The molecule has 0 bridgehead atoms. The zero-order chi connectivity index (χ0) is 18.2. The van der Waals surface area contributed by atoms with Gasteiger partial charge in [0.15, 0.2) is 0 Å². The van der Waals surface area contributed by atoms with Crippen molar-refractivity contribution in [1.82, 2.24) is 10.4 Å². The highest BCUT2D eigenvalue weighted by molar-refractivity contribution is 6.00. The Hall–Kier alpha value is -2.48. The number of hydrazine groups is 1. The quantitative estimate of drug-likeness (QED) is 0.524. The summed E-state index contributed by atoms with van der Waals surface area (Å²) >= 11 is 0. The van der Waals surface area contributed by atoms with E-state index in [1.807, 2.05) is 20.8 Å². The number of para-hydroxylation sites is 1. The molecule has 0 atom stereocenters. The van der Waals surface area contributed by atoms with Gasteiger partial charge < -0.3 is 4.74 Å². The van der Waals surface area contributed by atoms with Crippen LogP contribution in [-0.2, 0) is 4.79 Å². The highest BCUT2D eigenvalue weighted by Crippen LogP contribution is 2.18. The van der Waals surface area contributed by atoms with Gasteiger partial charge in [0.25, 0.3) is 5.91 Å². The number of amides is 2. The SMILES string of the molecule is CCCCC#CC(=O)N(NC(=O)c1ccccc1OC)C(C)(C)C. The van der Waals surface area contributed by atoms with E-state index in [-0.39, 0.29) is 0 Å². The molecule has 5 heteroatoms. The lowest BCUT2D eigenvalue weighted by Gasteiger charge is -2.34. The molecule has 1 N–H and O–H groups in total. The first-order valence-electron chi connectivity index (χ1n) is 8.08. The zero-order valence-electron chi connectivity index (χ0n) is 15.1. The summed E-state index contributed by atoms with van der Waals surface area (Å²) in [5.74, 6) is 5.07. The molecule has 0 aromatic heterocycles. The van der Waals surface area contributed by atoms with Crippen LogP contribution in [-0.4, -0.2) is 29.5 Å². The van der Waals surface area contributed by atoms with Crippen molar-refractivity contribution in [3.63, 3.8) is 0 Å². The lowest BCUT2D eigenvalue weighted by Crippen LogP contribution is -2.55. The van der Waals surface area contributed by atoms with Gasteiger partial charge >= 0.3 is 5.91 Å². The predicted octanol–water partition coefficient (Wildman–Crippen LogP) is 3.16. The van der Waals surface area contributed by atoms with Gasteiger partial charge in [-0.3, -0.25) is 15.0 Å². The van der Waals surface area contributed by atoms with Crippen LogP contribution >= 0.6 is 0 Å². The largest absolute Gasteiger partial charge is 0.496 e. The number of hydrogen-bond acceptors (Lipinski definition) is 3. The molecule has 1 rings (SSSR count). The molecule has 0 aliphatic rings. The highest BCUT2D eigenvalue weighted by Gasteiger charge is 2.28. The zero-order valence-corrected chi connectivity index (χ0v) is 15.1. The Bertz CT molecular complexity index is 636. The third-order valence-corrected chi connectivity index (χ3v) is 3.29. The third kappa shape index (κ3) is 5.62. The van der Waals surface area contributed by atoms with Gasteiger partial charge in [-0.2, -0.15) is 0 Å². The van der Waals surface area contributed by atoms with Crippen LogP contribution in [0.25, 0.3) is 0 Å². The second kappa shape index (κ2) is 8.97. The number of methoxy groups -OCH3 is 1. The maximum atomic E-state index is 12.5. The van der Waals surface area contributed by atoms with Crippen molar-refractivity contribution in [1.29, 1.82) is 0 Å². The Balaban J connectivity index is 2.96. The smallest absolute Gasteiger partial charge is 0.317 e. The summed E-state index contributed by atoms with van der Waals surface area (Å²) < 4.78 is 5.19. The van der Waals surface area contributed by atoms with Crippen molar-refractivity contribution >= 4 is 11.8 Å². The summed E-state index contributed by atoms with van der Waals surface area (Å²) in [6.45, 7) is 7.57. The summed E-state index contributed by atoms with van der Waals surface area (Å²) in [6, 6.07) is 6.86. The molecule has 130 valence electrons. The number of unbranched alkanes of at least 4 members (excludes halogenated alkanes) is 2. The van der Waals surface area contributed by atoms with Crippen LogP contribution in [0.5, 0.6) is 5.75 Å². The molecule has 1 aromatic carbocycles. The van der Waals surface area contributed by atoms with E-state index in [9.17, 15) is 9.59 Å². The Kier molecular flexibility index (Phi) is 7.31. The number of rotatable bonds is 4. The van der Waals surface area contributed by atoms with Crippen molar-refractivity contribution in [2.75, 3.05) is 7.11 Å². The van der Waals surface area contributed by atoms with Crippen molar-refractivity contribution in [3.05, 3.63) is 29.8 Å². The van der Waals surface area contributed by atoms with E-state index < -0.39 is 17.4 Å². The van der Waals surface area contributed by atoms with Crippen LogP contribution < -0.4 is 10.2 Å². The Labute approximate surface area is 144 Å². The molecule has 0 heterocycles. The van der Waals surface area contributed by atoms with Gasteiger partial charge in [0.2, 0.25) is 0 Å². The standard InChI is InChI=1S/C19H26N2O3/c1-6-7-8-9-14-17(22)21(19(2,3)4)20-18(23)15-12-10-11-13-16(15)24-5/h10-13H,6-8H2,1-5H3,(H,20,23). The Morgan fingerprint density at radius 1 is 1.25 bits per heavy atom. The first-order valence-corrected chi connectivity index (χ1v) is 8.08. The predicted molar refractivity (Wildman–Crippen MR) is 94.4 cm³/mol. The van der Waals surface area contributed by atoms with Gasteiger partial charge in [0, 0.05) is 6.42 Å². The van der Waals surface area contributed by atoms with Gasteiger partial charge in [-0.15, -0.1) is 0 Å². The molecule has 0 aliphatic heterocycles. The number of nitrogens with zero attached hydrogens (tertiary/aromatic N) is 1. The second-order valence-corrected chi connectivity index (χ2v) is 6.36. The van der Waals surface area contributed by atoms with E-state index in [1.165, 1.54) is 12.1 Å². The number of carbonyl (C=O) groups excluding carboxylic acids is 2. The van der Waals surface area contributed by atoms with Crippen molar-refractivity contribution in [2.24, 2.45) is 0 Å². The van der Waals surface area contributed by atoms with E-state index in [1.54, 1.807) is 24.3 Å². The molecule has 0 saturated carbocycles. The van der Waals surface area contributed by atoms with Gasteiger partial charge in [-0.05, 0) is 45.2 Å². The number of hydrogen-bond donors (Lipinski definition) is 1. The van der Waals surface area contributed by atoms with E-state index in [0.717, 1.165) is 12.8 Å². The van der Waals surface area contributed by atoms with Crippen LogP contribution in [0.4, 0.5) is 0 Å². The normalized spacial score (nSPS) is 10.4. The molecule has 0 aliphatic carbocycles. The number of nitrogens with one attached hydrogen (secondary N) is 1. The summed E-state index contributed by atoms with van der Waals surface area (Å²) in [4.78, 5) is 24.9. The average Bonchev–Trinajstić information content (AvgIpc) is 2.55. The van der Waals surface area contributed by atoms with Crippen LogP contribution in [0, 0.1) is 11.8 Å². The summed E-state index contributed by atoms with van der Waals surface area (Å²) in [5.41, 5.74) is 2.41. The molecule has 24 heavy (non-hydrogen) atoms. The van der Waals surface area contributed by atoms with E-state index in [4.69, 9.17) is 4.74 Å². The fraction of sp³-hybridized carbons (Fsp3) is 0.474. The maximum Gasteiger partial charge on any atom is 0.317 e. The van der Waals surface area contributed by atoms with E-state index >= 15 is 0 Å². The average molecular weight is 330 g/mol. The van der Waals surface area contributed by atoms with Crippen LogP contribution in [0.3, 0.4) is 0 Å². The molecule has 0 saturated heterocycles. The number of carbonyl (C=O) groups is 2. The Morgan fingerprint density at radius 2 is 1.92 bits per heavy atom. The lowest BCUT2D eigenvalue weighted by atomic mass is 10.1.